The van der Waals surface area contributed by atoms with Gasteiger partial charge < -0.3 is 5.32 Å². The summed E-state index contributed by atoms with van der Waals surface area (Å²) >= 11 is 0. The molecule has 0 bridgehead atoms. The molecule has 0 spiro atoms. The second kappa shape index (κ2) is 5.93. The number of nitrogens with zero attached hydrogens (tertiary/aromatic N) is 3. The largest absolute Gasteiger partial charge is 0.319 e. The first-order chi connectivity index (χ1) is 10.7. The van der Waals surface area contributed by atoms with E-state index < -0.39 is 5.82 Å². The minimum Gasteiger partial charge on any atom is -0.319 e. The first-order valence-corrected chi connectivity index (χ1v) is 7.07. The van der Waals surface area contributed by atoms with Gasteiger partial charge >= 0.3 is 0 Å². The Morgan fingerprint density at radius 3 is 2.95 bits per heavy atom. The van der Waals surface area contributed by atoms with Crippen LogP contribution in [0.4, 0.5) is 10.1 Å². The highest BCUT2D eigenvalue weighted by atomic mass is 19.1. The number of anilines is 1. The lowest BCUT2D eigenvalue weighted by molar-refractivity contribution is 0.102. The number of pyridine rings is 2. The minimum atomic E-state index is -0.414. The van der Waals surface area contributed by atoms with Gasteiger partial charge in [-0.25, -0.2) is 9.37 Å². The molecular weight excluding hydrogens is 283 g/mol. The van der Waals surface area contributed by atoms with Gasteiger partial charge in [-0.2, -0.15) is 0 Å². The topological polar surface area (TPSA) is 59.3 Å². The Kier molecular flexibility index (Phi) is 3.82. The van der Waals surface area contributed by atoms with Crippen molar-refractivity contribution in [3.63, 3.8) is 0 Å². The molecule has 0 atom stereocenters. The fraction of sp³-hybridized carbons (Fsp3) is 0.188. The molecule has 3 heterocycles. The van der Waals surface area contributed by atoms with Crippen LogP contribution in [0.15, 0.2) is 42.9 Å². The Morgan fingerprint density at radius 2 is 2.23 bits per heavy atom. The van der Waals surface area contributed by atoms with E-state index in [1.54, 1.807) is 30.6 Å². The Bertz CT molecular complexity index is 814. The zero-order valence-electron chi connectivity index (χ0n) is 12.1. The van der Waals surface area contributed by atoms with Gasteiger partial charge in [0.1, 0.15) is 17.2 Å². The fourth-order valence-electron chi connectivity index (χ4n) is 2.35. The van der Waals surface area contributed by atoms with Gasteiger partial charge in [-0.05, 0) is 30.7 Å². The lowest BCUT2D eigenvalue weighted by Crippen LogP contribution is -2.16. The van der Waals surface area contributed by atoms with Gasteiger partial charge in [0.15, 0.2) is 0 Å². The summed E-state index contributed by atoms with van der Waals surface area (Å²) in [6.45, 7) is 2.01. The quantitative estimate of drug-likeness (QED) is 0.805. The summed E-state index contributed by atoms with van der Waals surface area (Å²) < 4.78 is 15.0. The highest BCUT2D eigenvalue weighted by Crippen LogP contribution is 2.17. The number of hydrogen-bond acceptors (Lipinski definition) is 3. The summed E-state index contributed by atoms with van der Waals surface area (Å²) in [5, 5.41) is 2.77. The van der Waals surface area contributed by atoms with E-state index in [0.717, 1.165) is 6.42 Å². The molecule has 112 valence electrons. The van der Waals surface area contributed by atoms with Crippen LogP contribution in [0.5, 0.6) is 0 Å². The number of hydrogen-bond donors (Lipinski definition) is 1. The summed E-state index contributed by atoms with van der Waals surface area (Å²) in [6.07, 6.45) is 5.96. The Labute approximate surface area is 126 Å². The van der Waals surface area contributed by atoms with Crippen molar-refractivity contribution in [2.24, 2.45) is 0 Å². The molecule has 0 fully saturated rings. The first-order valence-electron chi connectivity index (χ1n) is 7.07. The number of halogens is 1. The van der Waals surface area contributed by atoms with Crippen LogP contribution < -0.4 is 5.32 Å². The summed E-state index contributed by atoms with van der Waals surface area (Å²) in [7, 11) is 0. The van der Waals surface area contributed by atoms with Gasteiger partial charge in [-0.3, -0.25) is 14.2 Å². The maximum atomic E-state index is 13.5. The Morgan fingerprint density at radius 1 is 1.36 bits per heavy atom. The number of nitrogens with one attached hydrogen (secondary N) is 1. The molecule has 1 N–H and O–H groups in total. The number of fused-ring (bicyclic) bond motifs is 1. The van der Waals surface area contributed by atoms with E-state index in [9.17, 15) is 9.18 Å². The zero-order valence-corrected chi connectivity index (χ0v) is 12.1. The Balaban J connectivity index is 2.05. The standard InChI is InChI=1S/C16H15FN4O/c1-2-4-13-15(16(22)19-12-5-3-8-18-9-12)21-10-11(17)6-7-14(21)20-13/h3,5-10H,2,4H2,1H3,(H,19,22). The lowest BCUT2D eigenvalue weighted by Gasteiger charge is -2.06. The van der Waals surface area contributed by atoms with Gasteiger partial charge in [0.25, 0.3) is 5.91 Å². The maximum absolute atomic E-state index is 13.5. The van der Waals surface area contributed by atoms with E-state index in [1.807, 2.05) is 6.92 Å². The molecule has 3 rings (SSSR count). The number of carbonyl (C=O) groups excluding carboxylic acids is 1. The fourth-order valence-corrected chi connectivity index (χ4v) is 2.35. The van der Waals surface area contributed by atoms with Gasteiger partial charge in [-0.1, -0.05) is 13.3 Å². The molecule has 6 heteroatoms. The van der Waals surface area contributed by atoms with E-state index in [0.29, 0.717) is 29.1 Å². The van der Waals surface area contributed by atoms with Crippen molar-refractivity contribution in [2.75, 3.05) is 5.32 Å². The van der Waals surface area contributed by atoms with Crippen molar-refractivity contribution >= 4 is 17.2 Å². The van der Waals surface area contributed by atoms with Crippen molar-refractivity contribution in [3.8, 4) is 0 Å². The van der Waals surface area contributed by atoms with Gasteiger partial charge in [-0.15, -0.1) is 0 Å². The van der Waals surface area contributed by atoms with Crippen molar-refractivity contribution in [1.29, 1.82) is 0 Å². The molecule has 0 saturated heterocycles. The number of aryl methyl sites for hydroxylation is 1. The van der Waals surface area contributed by atoms with Gasteiger partial charge in [0.05, 0.1) is 17.6 Å². The van der Waals surface area contributed by atoms with Crippen LogP contribution in [0, 0.1) is 5.82 Å². The lowest BCUT2D eigenvalue weighted by atomic mass is 10.2. The summed E-state index contributed by atoms with van der Waals surface area (Å²) in [4.78, 5) is 21.0. The highest BCUT2D eigenvalue weighted by Gasteiger charge is 2.19. The van der Waals surface area contributed by atoms with Crippen molar-refractivity contribution in [3.05, 3.63) is 60.1 Å². The Hall–Kier alpha value is -2.76. The molecule has 0 saturated carbocycles. The average molecular weight is 298 g/mol. The minimum absolute atomic E-state index is 0.324. The summed E-state index contributed by atoms with van der Waals surface area (Å²) in [6, 6.07) is 6.38. The number of carbonyl (C=O) groups is 1. The first kappa shape index (κ1) is 14.2. The number of imidazole rings is 1. The smallest absolute Gasteiger partial charge is 0.274 e. The maximum Gasteiger partial charge on any atom is 0.274 e. The van der Waals surface area contributed by atoms with Crippen molar-refractivity contribution < 1.29 is 9.18 Å². The molecule has 3 aromatic rings. The van der Waals surface area contributed by atoms with Crippen LogP contribution in [0.25, 0.3) is 5.65 Å². The molecule has 0 aliphatic carbocycles. The number of amides is 1. The monoisotopic (exact) mass is 298 g/mol. The van der Waals surface area contributed by atoms with Crippen LogP contribution in [0.1, 0.15) is 29.5 Å². The van der Waals surface area contributed by atoms with E-state index in [1.165, 1.54) is 16.7 Å². The molecule has 0 aromatic carbocycles. The predicted octanol–water partition coefficient (Wildman–Crippen LogP) is 3.07. The van der Waals surface area contributed by atoms with E-state index in [-0.39, 0.29) is 5.91 Å². The molecule has 22 heavy (non-hydrogen) atoms. The predicted molar refractivity (Wildman–Crippen MR) is 81.3 cm³/mol. The van der Waals surface area contributed by atoms with E-state index in [2.05, 4.69) is 15.3 Å². The van der Waals surface area contributed by atoms with E-state index in [4.69, 9.17) is 0 Å². The zero-order chi connectivity index (χ0) is 15.5. The summed E-state index contributed by atoms with van der Waals surface area (Å²) in [5.74, 6) is -0.738. The molecule has 1 amide bonds. The molecular formula is C16H15FN4O. The van der Waals surface area contributed by atoms with Crippen molar-refractivity contribution in [2.45, 2.75) is 19.8 Å². The van der Waals surface area contributed by atoms with Gasteiger partial charge in [0.2, 0.25) is 0 Å². The third-order valence-corrected chi connectivity index (χ3v) is 3.28. The molecule has 3 aromatic heterocycles. The second-order valence-electron chi connectivity index (χ2n) is 4.93. The van der Waals surface area contributed by atoms with Crippen LogP contribution >= 0.6 is 0 Å². The van der Waals surface area contributed by atoms with E-state index >= 15 is 0 Å². The SMILES string of the molecule is CCCc1nc2ccc(F)cn2c1C(=O)Nc1cccnc1. The summed E-state index contributed by atoms with van der Waals surface area (Å²) in [5.41, 5.74) is 2.16. The number of aromatic nitrogens is 3. The molecule has 0 aliphatic heterocycles. The molecule has 0 unspecified atom stereocenters. The normalized spacial score (nSPS) is 10.8. The van der Waals surface area contributed by atoms with Crippen LogP contribution in [-0.4, -0.2) is 20.3 Å². The molecule has 5 nitrogen and oxygen atoms in total. The average Bonchev–Trinajstić information content (AvgIpc) is 2.86. The van der Waals surface area contributed by atoms with Gasteiger partial charge in [0, 0.05) is 12.4 Å². The highest BCUT2D eigenvalue weighted by molar-refractivity contribution is 6.04. The van der Waals surface area contributed by atoms with Crippen LogP contribution in [-0.2, 0) is 6.42 Å². The number of rotatable bonds is 4. The van der Waals surface area contributed by atoms with Crippen LogP contribution in [0.2, 0.25) is 0 Å². The van der Waals surface area contributed by atoms with Crippen LogP contribution in [0.3, 0.4) is 0 Å². The second-order valence-corrected chi connectivity index (χ2v) is 4.93. The molecule has 0 radical (unpaired) electrons. The van der Waals surface area contributed by atoms with Crippen molar-refractivity contribution in [1.82, 2.24) is 14.4 Å². The molecule has 0 aliphatic rings. The third kappa shape index (κ3) is 2.67. The third-order valence-electron chi connectivity index (χ3n) is 3.28.